The Labute approximate surface area is 99.1 Å². The van der Waals surface area contributed by atoms with Crippen molar-refractivity contribution < 1.29 is 8.42 Å². The number of alkyl halides is 1. The van der Waals surface area contributed by atoms with E-state index >= 15 is 0 Å². The van der Waals surface area contributed by atoms with Crippen molar-refractivity contribution in [3.63, 3.8) is 0 Å². The topological polar surface area (TPSA) is 46.2 Å². The van der Waals surface area contributed by atoms with Gasteiger partial charge in [-0.25, -0.2) is 8.42 Å². The van der Waals surface area contributed by atoms with Crippen LogP contribution in [0.25, 0.3) is 0 Å². The number of halogens is 1. The lowest BCUT2D eigenvalue weighted by atomic mass is 10.2. The largest absolute Gasteiger partial charge is 0.283 e. The minimum Gasteiger partial charge on any atom is -0.283 e. The number of nitrogens with one attached hydrogen (secondary N) is 1. The summed E-state index contributed by atoms with van der Waals surface area (Å²) in [7, 11) is -3.24. The van der Waals surface area contributed by atoms with Crippen molar-refractivity contribution in [2.45, 2.75) is 24.4 Å². The van der Waals surface area contributed by atoms with Gasteiger partial charge in [-0.15, -0.1) is 0 Å². The van der Waals surface area contributed by atoms with Crippen LogP contribution < -0.4 is 4.72 Å². The Kier molecular flexibility index (Phi) is 4.16. The predicted molar refractivity (Wildman–Crippen MR) is 66.8 cm³/mol. The van der Waals surface area contributed by atoms with Crippen LogP contribution in [0.15, 0.2) is 24.3 Å². The number of anilines is 1. The van der Waals surface area contributed by atoms with Gasteiger partial charge in [0.25, 0.3) is 0 Å². The van der Waals surface area contributed by atoms with Crippen molar-refractivity contribution in [3.05, 3.63) is 29.8 Å². The molecule has 0 saturated carbocycles. The van der Waals surface area contributed by atoms with Crippen LogP contribution in [0.1, 0.15) is 19.4 Å². The number of rotatable bonds is 4. The molecule has 0 amide bonds. The average Bonchev–Trinajstić information content (AvgIpc) is 2.17. The smallest absolute Gasteiger partial charge is 0.235 e. The maximum atomic E-state index is 11.6. The fourth-order valence-corrected chi connectivity index (χ4v) is 2.04. The summed E-state index contributed by atoms with van der Waals surface area (Å²) in [4.78, 5) is 0. The molecule has 84 valence electrons. The molecule has 0 aliphatic heterocycles. The molecule has 0 spiro atoms. The first-order valence-corrected chi connectivity index (χ1v) is 7.29. The predicted octanol–water partition coefficient (Wildman–Crippen LogP) is 2.73. The maximum absolute atomic E-state index is 11.6. The lowest BCUT2D eigenvalue weighted by Crippen LogP contribution is -2.22. The summed E-state index contributed by atoms with van der Waals surface area (Å²) in [5.74, 6) is 0. The van der Waals surface area contributed by atoms with Crippen molar-refractivity contribution in [2.24, 2.45) is 0 Å². The maximum Gasteiger partial charge on any atom is 0.235 e. The van der Waals surface area contributed by atoms with Crippen molar-refractivity contribution in [3.8, 4) is 0 Å². The highest BCUT2D eigenvalue weighted by Crippen LogP contribution is 2.15. The minimum absolute atomic E-state index is 0.426. The van der Waals surface area contributed by atoms with Crippen LogP contribution in [0.4, 0.5) is 5.69 Å². The van der Waals surface area contributed by atoms with Crippen LogP contribution in [0.2, 0.25) is 0 Å². The molecule has 0 radical (unpaired) electrons. The van der Waals surface area contributed by atoms with Crippen molar-refractivity contribution in [1.82, 2.24) is 0 Å². The molecule has 0 fully saturated rings. The molecular formula is C10H14BrNO2S. The third-order valence-corrected chi connectivity index (χ3v) is 4.37. The zero-order chi connectivity index (χ0) is 11.5. The average molecular weight is 292 g/mol. The fraction of sp³-hybridized carbons (Fsp3) is 0.400. The van der Waals surface area contributed by atoms with Gasteiger partial charge in [0.15, 0.2) is 0 Å². The van der Waals surface area contributed by atoms with E-state index in [2.05, 4.69) is 20.7 Å². The second-order valence-corrected chi connectivity index (χ2v) is 6.33. The van der Waals surface area contributed by atoms with Crippen LogP contribution >= 0.6 is 15.9 Å². The monoisotopic (exact) mass is 291 g/mol. The molecule has 0 bridgehead atoms. The molecule has 15 heavy (non-hydrogen) atoms. The third kappa shape index (κ3) is 3.50. The quantitative estimate of drug-likeness (QED) is 0.867. The molecular weight excluding hydrogens is 278 g/mol. The summed E-state index contributed by atoms with van der Waals surface area (Å²) in [5, 5.41) is 0.287. The molecule has 0 aliphatic rings. The lowest BCUT2D eigenvalue weighted by molar-refractivity contribution is 0.593. The normalized spacial score (nSPS) is 11.7. The summed E-state index contributed by atoms with van der Waals surface area (Å²) in [6, 6.07) is 7.32. The molecule has 0 saturated heterocycles. The second kappa shape index (κ2) is 4.99. The Balaban J connectivity index is 2.90. The Bertz CT molecular complexity index is 429. The highest BCUT2D eigenvalue weighted by atomic mass is 79.9. The van der Waals surface area contributed by atoms with Crippen LogP contribution in [0.5, 0.6) is 0 Å². The molecule has 0 atom stereocenters. The lowest BCUT2D eigenvalue weighted by Gasteiger charge is -2.11. The molecule has 0 unspecified atom stereocenters. The molecule has 5 heteroatoms. The number of sulfonamides is 1. The SMILES string of the molecule is CC(C)S(=O)(=O)Nc1cccc(CBr)c1. The third-order valence-electron chi connectivity index (χ3n) is 1.96. The molecule has 1 aromatic rings. The Morgan fingerprint density at radius 1 is 1.40 bits per heavy atom. The second-order valence-electron chi connectivity index (χ2n) is 3.53. The standard InChI is InChI=1S/C10H14BrNO2S/c1-8(2)15(13,14)12-10-5-3-4-9(6-10)7-11/h3-6,8,12H,7H2,1-2H3. The molecule has 0 aliphatic carbocycles. The van der Waals surface area contributed by atoms with Gasteiger partial charge in [-0.1, -0.05) is 28.1 Å². The van der Waals surface area contributed by atoms with Crippen LogP contribution in [0.3, 0.4) is 0 Å². The van der Waals surface area contributed by atoms with E-state index in [0.29, 0.717) is 11.0 Å². The van der Waals surface area contributed by atoms with Gasteiger partial charge in [-0.2, -0.15) is 0 Å². The Morgan fingerprint density at radius 3 is 2.60 bits per heavy atom. The van der Waals surface area contributed by atoms with E-state index in [9.17, 15) is 8.42 Å². The Morgan fingerprint density at radius 2 is 2.07 bits per heavy atom. The summed E-state index contributed by atoms with van der Waals surface area (Å²) < 4.78 is 25.7. The summed E-state index contributed by atoms with van der Waals surface area (Å²) in [6.45, 7) is 3.30. The van der Waals surface area contributed by atoms with Gasteiger partial charge in [0.1, 0.15) is 0 Å². The van der Waals surface area contributed by atoms with E-state index in [1.165, 1.54) is 0 Å². The number of hydrogen-bond donors (Lipinski definition) is 1. The minimum atomic E-state index is -3.24. The van der Waals surface area contributed by atoms with Gasteiger partial charge in [0, 0.05) is 11.0 Å². The molecule has 1 rings (SSSR count). The van der Waals surface area contributed by atoms with Gasteiger partial charge in [0.2, 0.25) is 10.0 Å². The van der Waals surface area contributed by atoms with E-state index in [-0.39, 0.29) is 0 Å². The molecule has 0 heterocycles. The fourth-order valence-electron chi connectivity index (χ4n) is 1.00. The van der Waals surface area contributed by atoms with Crippen molar-refractivity contribution in [1.29, 1.82) is 0 Å². The highest BCUT2D eigenvalue weighted by Gasteiger charge is 2.15. The molecule has 1 aromatic carbocycles. The zero-order valence-corrected chi connectivity index (χ0v) is 11.1. The zero-order valence-electron chi connectivity index (χ0n) is 8.70. The van der Waals surface area contributed by atoms with Gasteiger partial charge < -0.3 is 0 Å². The van der Waals surface area contributed by atoms with Crippen molar-refractivity contribution >= 4 is 31.6 Å². The van der Waals surface area contributed by atoms with Gasteiger partial charge in [-0.3, -0.25) is 4.72 Å². The summed E-state index contributed by atoms with van der Waals surface area (Å²) in [5.41, 5.74) is 1.65. The van der Waals surface area contributed by atoms with E-state index < -0.39 is 15.3 Å². The number of hydrogen-bond acceptors (Lipinski definition) is 2. The van der Waals surface area contributed by atoms with Crippen LogP contribution in [-0.2, 0) is 15.4 Å². The first kappa shape index (κ1) is 12.5. The van der Waals surface area contributed by atoms with E-state index in [4.69, 9.17) is 0 Å². The van der Waals surface area contributed by atoms with E-state index in [1.54, 1.807) is 19.9 Å². The molecule has 0 aromatic heterocycles. The van der Waals surface area contributed by atoms with Crippen LogP contribution in [-0.4, -0.2) is 13.7 Å². The first-order chi connectivity index (χ1) is 6.95. The summed E-state index contributed by atoms with van der Waals surface area (Å²) in [6.07, 6.45) is 0. The first-order valence-electron chi connectivity index (χ1n) is 4.62. The van der Waals surface area contributed by atoms with E-state index in [0.717, 1.165) is 5.56 Å². The van der Waals surface area contributed by atoms with E-state index in [1.807, 2.05) is 18.2 Å². The van der Waals surface area contributed by atoms with Gasteiger partial charge >= 0.3 is 0 Å². The van der Waals surface area contributed by atoms with Gasteiger partial charge in [-0.05, 0) is 31.5 Å². The molecule has 1 N–H and O–H groups in total. The van der Waals surface area contributed by atoms with Crippen molar-refractivity contribution in [2.75, 3.05) is 4.72 Å². The molecule has 3 nitrogen and oxygen atoms in total. The van der Waals surface area contributed by atoms with Gasteiger partial charge in [0.05, 0.1) is 5.25 Å². The number of benzene rings is 1. The summed E-state index contributed by atoms with van der Waals surface area (Å²) >= 11 is 3.32. The Hall–Kier alpha value is -0.550. The van der Waals surface area contributed by atoms with Crippen LogP contribution in [0, 0.1) is 0 Å². The highest BCUT2D eigenvalue weighted by molar-refractivity contribution is 9.08.